The quantitative estimate of drug-likeness (QED) is 0.494. The first kappa shape index (κ1) is 24.5. The summed E-state index contributed by atoms with van der Waals surface area (Å²) in [5, 5.41) is 6.03. The van der Waals surface area contributed by atoms with Crippen LogP contribution in [0.15, 0.2) is 42.5 Å². The first-order valence-corrected chi connectivity index (χ1v) is 10.9. The smallest absolute Gasteiger partial charge is 0.253 e. The number of nitrogens with one attached hydrogen (secondary N) is 2. The third-order valence-electron chi connectivity index (χ3n) is 4.80. The predicted octanol–water partition coefficient (Wildman–Crippen LogP) is 4.60. The summed E-state index contributed by atoms with van der Waals surface area (Å²) in [6.07, 6.45) is 2.02. The minimum atomic E-state index is -0.692. The van der Waals surface area contributed by atoms with Crippen molar-refractivity contribution < 1.29 is 19.1 Å². The molecule has 6 nitrogen and oxygen atoms in total. The van der Waals surface area contributed by atoms with Crippen molar-refractivity contribution in [1.82, 2.24) is 10.6 Å². The van der Waals surface area contributed by atoms with E-state index in [2.05, 4.69) is 17.6 Å². The normalized spacial score (nSPS) is 11.7. The second kappa shape index (κ2) is 12.2. The first-order chi connectivity index (χ1) is 14.9. The second-order valence-electron chi connectivity index (χ2n) is 7.58. The van der Waals surface area contributed by atoms with Crippen molar-refractivity contribution in [1.29, 1.82) is 0 Å². The van der Waals surface area contributed by atoms with E-state index in [0.717, 1.165) is 18.4 Å². The van der Waals surface area contributed by atoms with Gasteiger partial charge in [-0.05, 0) is 42.2 Å². The average Bonchev–Trinajstić information content (AvgIpc) is 2.76. The van der Waals surface area contributed by atoms with E-state index in [-0.39, 0.29) is 17.7 Å². The number of halogens is 1. The van der Waals surface area contributed by atoms with Gasteiger partial charge in [0.15, 0.2) is 11.5 Å². The highest BCUT2D eigenvalue weighted by Crippen LogP contribution is 2.28. The van der Waals surface area contributed by atoms with Crippen LogP contribution in [-0.4, -0.2) is 31.6 Å². The van der Waals surface area contributed by atoms with Crippen molar-refractivity contribution in [3.05, 3.63) is 58.6 Å². The lowest BCUT2D eigenvalue weighted by atomic mass is 10.0. The van der Waals surface area contributed by atoms with Gasteiger partial charge < -0.3 is 20.1 Å². The monoisotopic (exact) mass is 446 g/mol. The Morgan fingerprint density at radius 3 is 2.48 bits per heavy atom. The summed E-state index contributed by atoms with van der Waals surface area (Å²) in [5.74, 6) is 0.552. The number of hydrogen-bond acceptors (Lipinski definition) is 4. The Bertz CT molecular complexity index is 886. The molecular weight excluding hydrogens is 416 g/mol. The van der Waals surface area contributed by atoms with Gasteiger partial charge in [0, 0.05) is 6.54 Å². The van der Waals surface area contributed by atoms with Crippen LogP contribution < -0.4 is 20.1 Å². The van der Waals surface area contributed by atoms with Crippen molar-refractivity contribution >= 4 is 23.4 Å². The van der Waals surface area contributed by atoms with Gasteiger partial charge >= 0.3 is 0 Å². The van der Waals surface area contributed by atoms with Crippen LogP contribution in [0.2, 0.25) is 5.02 Å². The third-order valence-corrected chi connectivity index (χ3v) is 5.13. The van der Waals surface area contributed by atoms with E-state index >= 15 is 0 Å². The van der Waals surface area contributed by atoms with Gasteiger partial charge in [-0.3, -0.25) is 9.59 Å². The topological polar surface area (TPSA) is 76.7 Å². The maximum absolute atomic E-state index is 12.8. The third kappa shape index (κ3) is 7.17. The summed E-state index contributed by atoms with van der Waals surface area (Å²) in [7, 11) is 1.59. The summed E-state index contributed by atoms with van der Waals surface area (Å²) < 4.78 is 11.2. The average molecular weight is 447 g/mol. The number of amides is 2. The Balaban J connectivity index is 2.01. The zero-order valence-corrected chi connectivity index (χ0v) is 19.3. The molecule has 7 heteroatoms. The summed E-state index contributed by atoms with van der Waals surface area (Å²) in [4.78, 5) is 25.4. The molecule has 0 bridgehead atoms. The summed E-state index contributed by atoms with van der Waals surface area (Å²) in [6, 6.07) is 11.6. The molecule has 2 rings (SSSR count). The lowest BCUT2D eigenvalue weighted by Gasteiger charge is -2.22. The Hall–Kier alpha value is -2.73. The van der Waals surface area contributed by atoms with E-state index < -0.39 is 6.04 Å². The second-order valence-corrected chi connectivity index (χ2v) is 7.99. The molecule has 0 radical (unpaired) electrons. The number of unbranched alkanes of at least 4 members (excludes halogenated alkanes) is 1. The van der Waals surface area contributed by atoms with Gasteiger partial charge in [0.1, 0.15) is 6.04 Å². The lowest BCUT2D eigenvalue weighted by Crippen LogP contribution is -2.49. The van der Waals surface area contributed by atoms with Gasteiger partial charge in [0.25, 0.3) is 5.91 Å². The number of carbonyl (C=O) groups is 2. The largest absolute Gasteiger partial charge is 0.493 e. The van der Waals surface area contributed by atoms with Crippen LogP contribution in [0, 0.1) is 5.92 Å². The molecule has 0 aliphatic heterocycles. The van der Waals surface area contributed by atoms with Crippen molar-refractivity contribution in [2.24, 2.45) is 5.92 Å². The van der Waals surface area contributed by atoms with Crippen molar-refractivity contribution in [3.8, 4) is 11.5 Å². The van der Waals surface area contributed by atoms with Crippen LogP contribution in [0.4, 0.5) is 0 Å². The van der Waals surface area contributed by atoms with Crippen molar-refractivity contribution in [2.45, 2.75) is 46.2 Å². The molecule has 0 aliphatic rings. The summed E-state index contributed by atoms with van der Waals surface area (Å²) in [5.41, 5.74) is 1.21. The zero-order valence-electron chi connectivity index (χ0n) is 18.5. The van der Waals surface area contributed by atoms with E-state index in [1.807, 2.05) is 32.0 Å². The lowest BCUT2D eigenvalue weighted by molar-refractivity contribution is -0.124. The highest BCUT2D eigenvalue weighted by molar-refractivity contribution is 6.33. The highest BCUT2D eigenvalue weighted by atomic mass is 35.5. The molecule has 1 unspecified atom stereocenters. The number of carbonyl (C=O) groups excluding carboxylic acids is 2. The Morgan fingerprint density at radius 2 is 1.84 bits per heavy atom. The van der Waals surface area contributed by atoms with Gasteiger partial charge in [0.2, 0.25) is 5.91 Å². The molecule has 2 aromatic rings. The molecule has 2 amide bonds. The molecule has 0 fully saturated rings. The fraction of sp³-hybridized carbons (Fsp3) is 0.417. The molecule has 2 aromatic carbocycles. The Labute approximate surface area is 189 Å². The predicted molar refractivity (Wildman–Crippen MR) is 123 cm³/mol. The molecule has 0 saturated heterocycles. The van der Waals surface area contributed by atoms with Gasteiger partial charge in [-0.15, -0.1) is 0 Å². The molecule has 1 atom stereocenters. The van der Waals surface area contributed by atoms with E-state index in [9.17, 15) is 9.59 Å². The molecule has 0 aromatic heterocycles. The fourth-order valence-electron chi connectivity index (χ4n) is 2.97. The van der Waals surface area contributed by atoms with Gasteiger partial charge in [-0.25, -0.2) is 0 Å². The Kier molecular flexibility index (Phi) is 9.66. The maximum atomic E-state index is 12.8. The standard InChI is InChI=1S/C24H31ClN2O4/c1-5-6-13-31-20-12-11-17(14-21(20)30-4)15-26-24(29)22(16(2)3)27-23(28)18-9-7-8-10-19(18)25/h7-12,14,16,22H,5-6,13,15H2,1-4H3,(H,26,29)(H,27,28). The van der Waals surface area contributed by atoms with Crippen LogP contribution in [0.5, 0.6) is 11.5 Å². The minimum Gasteiger partial charge on any atom is -0.493 e. The molecule has 0 spiro atoms. The number of benzene rings is 2. The molecule has 0 saturated carbocycles. The highest BCUT2D eigenvalue weighted by Gasteiger charge is 2.25. The van der Waals surface area contributed by atoms with Crippen LogP contribution in [-0.2, 0) is 11.3 Å². The Morgan fingerprint density at radius 1 is 1.10 bits per heavy atom. The van der Waals surface area contributed by atoms with Gasteiger partial charge in [-0.2, -0.15) is 0 Å². The van der Waals surface area contributed by atoms with Gasteiger partial charge in [-0.1, -0.05) is 57.0 Å². The number of ether oxygens (including phenoxy) is 2. The van der Waals surface area contributed by atoms with E-state index in [1.54, 1.807) is 31.4 Å². The fourth-order valence-corrected chi connectivity index (χ4v) is 3.19. The number of hydrogen-bond donors (Lipinski definition) is 2. The number of methoxy groups -OCH3 is 1. The minimum absolute atomic E-state index is 0.102. The summed E-state index contributed by atoms with van der Waals surface area (Å²) in [6.45, 7) is 6.79. The zero-order chi connectivity index (χ0) is 22.8. The maximum Gasteiger partial charge on any atom is 0.253 e. The van der Waals surface area contributed by atoms with Crippen LogP contribution >= 0.6 is 11.6 Å². The van der Waals surface area contributed by atoms with Crippen molar-refractivity contribution in [2.75, 3.05) is 13.7 Å². The van der Waals surface area contributed by atoms with Crippen molar-refractivity contribution in [3.63, 3.8) is 0 Å². The van der Waals surface area contributed by atoms with E-state index in [4.69, 9.17) is 21.1 Å². The SMILES string of the molecule is CCCCOc1ccc(CNC(=O)C(NC(=O)c2ccccc2Cl)C(C)C)cc1OC. The first-order valence-electron chi connectivity index (χ1n) is 10.5. The van der Waals surface area contributed by atoms with E-state index in [1.165, 1.54) is 0 Å². The van der Waals surface area contributed by atoms with Crippen LogP contribution in [0.1, 0.15) is 49.5 Å². The molecular formula is C24H31ClN2O4. The summed E-state index contributed by atoms with van der Waals surface area (Å²) >= 11 is 6.10. The van der Waals surface area contributed by atoms with Gasteiger partial charge in [0.05, 0.1) is 24.3 Å². The molecule has 0 aliphatic carbocycles. The molecule has 2 N–H and O–H groups in total. The van der Waals surface area contributed by atoms with Crippen LogP contribution in [0.25, 0.3) is 0 Å². The van der Waals surface area contributed by atoms with Crippen LogP contribution in [0.3, 0.4) is 0 Å². The molecule has 31 heavy (non-hydrogen) atoms. The number of rotatable bonds is 11. The van der Waals surface area contributed by atoms with E-state index in [0.29, 0.717) is 35.2 Å². The molecule has 0 heterocycles. The molecule has 168 valence electrons.